The monoisotopic (exact) mass is 553 g/mol. The molecule has 0 aliphatic rings. The number of hydrazone groups is 1. The van der Waals surface area contributed by atoms with E-state index in [1.165, 1.54) is 51.8 Å². The van der Waals surface area contributed by atoms with Crippen LogP contribution in [0.3, 0.4) is 0 Å². The number of halogens is 1. The summed E-state index contributed by atoms with van der Waals surface area (Å²) >= 11 is 6.12. The predicted octanol–water partition coefficient (Wildman–Crippen LogP) is 4.94. The average Bonchev–Trinajstić information content (AvgIpc) is 2.93. The Balaban J connectivity index is 1.73. The Labute approximate surface area is 230 Å². The van der Waals surface area contributed by atoms with Gasteiger partial charge in [0.1, 0.15) is 5.75 Å². The maximum absolute atomic E-state index is 12.9. The van der Waals surface area contributed by atoms with Crippen LogP contribution in [-0.4, -0.2) is 45.3 Å². The van der Waals surface area contributed by atoms with Crippen molar-refractivity contribution in [3.05, 3.63) is 76.3 Å². The molecule has 3 rings (SSSR count). The molecule has 0 bridgehead atoms. The minimum atomic E-state index is -0.695. The standard InChI is InChI=1S/C28H28ClN3O7/c1-16(2)26(33)31-21-9-6-17(7-10-21)27(34)32-30-15-19-12-20(29)8-11-22(19)39-28(35)18-13-23(36-3)25(38-5)24(14-18)37-4/h6-16H,1-5H3,(H,31,33)(H,32,34)/b30-15+. The van der Waals surface area contributed by atoms with E-state index < -0.39 is 11.9 Å². The highest BCUT2D eigenvalue weighted by atomic mass is 35.5. The average molecular weight is 554 g/mol. The molecule has 0 spiro atoms. The lowest BCUT2D eigenvalue weighted by Crippen LogP contribution is -2.19. The summed E-state index contributed by atoms with van der Waals surface area (Å²) in [5.41, 5.74) is 3.82. The number of nitrogens with one attached hydrogen (secondary N) is 2. The molecule has 0 aliphatic carbocycles. The Kier molecular flexibility index (Phi) is 9.88. The largest absolute Gasteiger partial charge is 0.493 e. The molecular formula is C28H28ClN3O7. The van der Waals surface area contributed by atoms with E-state index in [2.05, 4.69) is 15.8 Å². The summed E-state index contributed by atoms with van der Waals surface area (Å²) in [5, 5.41) is 7.10. The van der Waals surface area contributed by atoms with Gasteiger partial charge in [-0.05, 0) is 54.6 Å². The molecule has 2 N–H and O–H groups in total. The van der Waals surface area contributed by atoms with Crippen LogP contribution in [0.15, 0.2) is 59.7 Å². The smallest absolute Gasteiger partial charge is 0.343 e. The zero-order valence-electron chi connectivity index (χ0n) is 22.0. The molecule has 39 heavy (non-hydrogen) atoms. The van der Waals surface area contributed by atoms with Gasteiger partial charge in [-0.25, -0.2) is 10.2 Å². The number of ether oxygens (including phenoxy) is 4. The molecule has 10 nitrogen and oxygen atoms in total. The number of anilines is 1. The second kappa shape index (κ2) is 13.3. The highest BCUT2D eigenvalue weighted by molar-refractivity contribution is 6.31. The predicted molar refractivity (Wildman–Crippen MR) is 147 cm³/mol. The van der Waals surface area contributed by atoms with E-state index in [0.717, 1.165) is 0 Å². The van der Waals surface area contributed by atoms with Gasteiger partial charge in [-0.3, -0.25) is 9.59 Å². The number of hydrogen-bond acceptors (Lipinski definition) is 8. The molecule has 0 radical (unpaired) electrons. The third kappa shape index (κ3) is 7.48. The number of carbonyl (C=O) groups excluding carboxylic acids is 3. The van der Waals surface area contributed by atoms with Gasteiger partial charge in [-0.1, -0.05) is 25.4 Å². The van der Waals surface area contributed by atoms with Crippen molar-refractivity contribution >= 4 is 41.3 Å². The Hall–Kier alpha value is -4.57. The second-order valence-electron chi connectivity index (χ2n) is 8.41. The molecule has 0 aliphatic heterocycles. The minimum Gasteiger partial charge on any atom is -0.493 e. The maximum Gasteiger partial charge on any atom is 0.343 e. The number of methoxy groups -OCH3 is 3. The van der Waals surface area contributed by atoms with Crippen molar-refractivity contribution in [1.82, 2.24) is 5.43 Å². The van der Waals surface area contributed by atoms with Crippen molar-refractivity contribution in [2.45, 2.75) is 13.8 Å². The fraction of sp³-hybridized carbons (Fsp3) is 0.214. The van der Waals surface area contributed by atoms with Gasteiger partial charge in [0, 0.05) is 27.8 Å². The van der Waals surface area contributed by atoms with Crippen LogP contribution >= 0.6 is 11.6 Å². The van der Waals surface area contributed by atoms with Crippen LogP contribution in [0.5, 0.6) is 23.0 Å². The highest BCUT2D eigenvalue weighted by Gasteiger charge is 2.19. The van der Waals surface area contributed by atoms with E-state index in [1.807, 2.05) is 0 Å². The Morgan fingerprint density at radius 1 is 0.846 bits per heavy atom. The molecule has 0 fully saturated rings. The summed E-state index contributed by atoms with van der Waals surface area (Å²) in [6.45, 7) is 3.57. The van der Waals surface area contributed by atoms with Crippen LogP contribution in [0, 0.1) is 5.92 Å². The zero-order valence-corrected chi connectivity index (χ0v) is 22.8. The molecule has 11 heteroatoms. The first-order valence-electron chi connectivity index (χ1n) is 11.7. The van der Waals surface area contributed by atoms with Gasteiger partial charge in [-0.2, -0.15) is 5.10 Å². The second-order valence-corrected chi connectivity index (χ2v) is 8.84. The normalized spacial score (nSPS) is 10.7. The van der Waals surface area contributed by atoms with Crippen LogP contribution in [0.1, 0.15) is 40.1 Å². The molecule has 204 valence electrons. The van der Waals surface area contributed by atoms with Crippen molar-refractivity contribution in [1.29, 1.82) is 0 Å². The van der Waals surface area contributed by atoms with Crippen LogP contribution in [-0.2, 0) is 4.79 Å². The highest BCUT2D eigenvalue weighted by Crippen LogP contribution is 2.38. The Morgan fingerprint density at radius 2 is 1.49 bits per heavy atom. The van der Waals surface area contributed by atoms with E-state index in [9.17, 15) is 14.4 Å². The van der Waals surface area contributed by atoms with Gasteiger partial charge in [-0.15, -0.1) is 0 Å². The quantitative estimate of drug-likeness (QED) is 0.158. The van der Waals surface area contributed by atoms with Crippen molar-refractivity contribution in [2.24, 2.45) is 11.0 Å². The summed E-state index contributed by atoms with van der Waals surface area (Å²) in [6, 6.07) is 13.9. The molecule has 0 atom stereocenters. The van der Waals surface area contributed by atoms with Crippen molar-refractivity contribution in [3.63, 3.8) is 0 Å². The topological polar surface area (TPSA) is 125 Å². The fourth-order valence-corrected chi connectivity index (χ4v) is 3.47. The number of amides is 2. The van der Waals surface area contributed by atoms with E-state index >= 15 is 0 Å². The van der Waals surface area contributed by atoms with E-state index in [1.54, 1.807) is 44.2 Å². The molecule has 3 aromatic carbocycles. The van der Waals surface area contributed by atoms with E-state index in [0.29, 0.717) is 39.1 Å². The van der Waals surface area contributed by atoms with Crippen molar-refractivity contribution in [2.75, 3.05) is 26.6 Å². The first-order valence-corrected chi connectivity index (χ1v) is 12.1. The lowest BCUT2D eigenvalue weighted by atomic mass is 10.1. The first kappa shape index (κ1) is 29.0. The number of benzene rings is 3. The third-order valence-corrected chi connectivity index (χ3v) is 5.62. The summed E-state index contributed by atoms with van der Waals surface area (Å²) in [5.74, 6) is -0.395. The zero-order chi connectivity index (χ0) is 28.5. The number of esters is 1. The Bertz CT molecular complexity index is 1360. The van der Waals surface area contributed by atoms with Crippen LogP contribution < -0.4 is 29.7 Å². The van der Waals surface area contributed by atoms with Gasteiger partial charge in [0.25, 0.3) is 5.91 Å². The number of hydrogen-bond donors (Lipinski definition) is 2. The Morgan fingerprint density at radius 3 is 2.05 bits per heavy atom. The molecular weight excluding hydrogens is 526 g/mol. The summed E-state index contributed by atoms with van der Waals surface area (Å²) in [4.78, 5) is 37.3. The lowest BCUT2D eigenvalue weighted by molar-refractivity contribution is -0.118. The van der Waals surface area contributed by atoms with Crippen molar-refractivity contribution < 1.29 is 33.3 Å². The molecule has 0 saturated heterocycles. The van der Waals surface area contributed by atoms with Gasteiger partial charge in [0.2, 0.25) is 11.7 Å². The van der Waals surface area contributed by atoms with E-state index in [-0.39, 0.29) is 23.1 Å². The number of rotatable bonds is 10. The number of carbonyl (C=O) groups is 3. The van der Waals surface area contributed by atoms with Crippen LogP contribution in [0.4, 0.5) is 5.69 Å². The SMILES string of the molecule is COc1cc(C(=O)Oc2ccc(Cl)cc2/C=N/NC(=O)c2ccc(NC(=O)C(C)C)cc2)cc(OC)c1OC. The molecule has 0 aromatic heterocycles. The van der Waals surface area contributed by atoms with Crippen LogP contribution in [0.25, 0.3) is 0 Å². The maximum atomic E-state index is 12.9. The van der Waals surface area contributed by atoms with Gasteiger partial charge in [0.05, 0.1) is 33.1 Å². The first-order chi connectivity index (χ1) is 18.7. The van der Waals surface area contributed by atoms with E-state index in [4.69, 9.17) is 30.5 Å². The molecule has 0 saturated carbocycles. The van der Waals surface area contributed by atoms with Gasteiger partial charge < -0.3 is 24.3 Å². The fourth-order valence-electron chi connectivity index (χ4n) is 3.29. The summed E-state index contributed by atoms with van der Waals surface area (Å²) in [6.07, 6.45) is 1.30. The molecule has 0 unspecified atom stereocenters. The lowest BCUT2D eigenvalue weighted by Gasteiger charge is -2.14. The van der Waals surface area contributed by atoms with Gasteiger partial charge >= 0.3 is 5.97 Å². The molecule has 3 aromatic rings. The third-order valence-electron chi connectivity index (χ3n) is 5.38. The minimum absolute atomic E-state index is 0.125. The molecule has 2 amide bonds. The van der Waals surface area contributed by atoms with Crippen LogP contribution in [0.2, 0.25) is 5.02 Å². The summed E-state index contributed by atoms with van der Waals surface area (Å²) < 4.78 is 21.4. The van der Waals surface area contributed by atoms with Crippen molar-refractivity contribution in [3.8, 4) is 23.0 Å². The van der Waals surface area contributed by atoms with Gasteiger partial charge in [0.15, 0.2) is 11.5 Å². The number of nitrogens with zero attached hydrogens (tertiary/aromatic N) is 1. The summed E-state index contributed by atoms with van der Waals surface area (Å²) in [7, 11) is 4.33. The molecule has 0 heterocycles.